The summed E-state index contributed by atoms with van der Waals surface area (Å²) in [6, 6.07) is 14.9. The Kier molecular flexibility index (Phi) is 8.71. The molecule has 0 saturated carbocycles. The highest BCUT2D eigenvalue weighted by Crippen LogP contribution is 2.19. The molecular weight excluding hydrogens is 384 g/mol. The summed E-state index contributed by atoms with van der Waals surface area (Å²) < 4.78 is 0. The molecule has 0 aliphatic rings. The average molecular weight is 415 g/mol. The molecule has 0 unspecified atom stereocenters. The summed E-state index contributed by atoms with van der Waals surface area (Å²) in [5, 5.41) is 3.59. The van der Waals surface area contributed by atoms with Crippen molar-refractivity contribution in [2.75, 3.05) is 0 Å². The molecule has 1 N–H and O–H groups in total. The van der Waals surface area contributed by atoms with Crippen LogP contribution in [0.25, 0.3) is 0 Å². The van der Waals surface area contributed by atoms with E-state index in [0.717, 1.165) is 23.1 Å². The summed E-state index contributed by atoms with van der Waals surface area (Å²) in [6.45, 7) is 8.34. The van der Waals surface area contributed by atoms with Crippen LogP contribution in [0.4, 0.5) is 0 Å². The van der Waals surface area contributed by atoms with Gasteiger partial charge in [0.2, 0.25) is 11.8 Å². The number of aryl methyl sites for hydroxylation is 1. The maximum Gasteiger partial charge on any atom is 0.243 e. The zero-order valence-corrected chi connectivity index (χ0v) is 18.5. The molecule has 0 aliphatic carbocycles. The van der Waals surface area contributed by atoms with Crippen LogP contribution in [0.5, 0.6) is 0 Å². The zero-order valence-electron chi connectivity index (χ0n) is 17.7. The molecule has 29 heavy (non-hydrogen) atoms. The summed E-state index contributed by atoms with van der Waals surface area (Å²) in [5.74, 6) is -0.215. The van der Waals surface area contributed by atoms with E-state index in [-0.39, 0.29) is 24.3 Å². The number of carbonyl (C=O) groups is 2. The predicted octanol–water partition coefficient (Wildman–Crippen LogP) is 4.91. The molecule has 2 aromatic carbocycles. The third-order valence-corrected chi connectivity index (χ3v) is 5.49. The van der Waals surface area contributed by atoms with Crippen molar-refractivity contribution in [2.45, 2.75) is 65.6 Å². The van der Waals surface area contributed by atoms with E-state index >= 15 is 0 Å². The number of nitrogens with zero attached hydrogens (tertiary/aromatic N) is 1. The van der Waals surface area contributed by atoms with Gasteiger partial charge in [0, 0.05) is 17.6 Å². The summed E-state index contributed by atoms with van der Waals surface area (Å²) >= 11 is 6.27. The Hall–Kier alpha value is -2.33. The molecule has 5 heteroatoms. The maximum atomic E-state index is 13.3. The van der Waals surface area contributed by atoms with E-state index in [1.54, 1.807) is 11.0 Å². The van der Waals surface area contributed by atoms with E-state index in [1.807, 2.05) is 64.1 Å². The molecule has 0 fully saturated rings. The molecule has 0 radical (unpaired) electrons. The Bertz CT molecular complexity index is 837. The van der Waals surface area contributed by atoms with Gasteiger partial charge >= 0.3 is 0 Å². The summed E-state index contributed by atoms with van der Waals surface area (Å²) in [6.07, 6.45) is 1.55. The van der Waals surface area contributed by atoms with E-state index in [1.165, 1.54) is 0 Å². The maximum absolute atomic E-state index is 13.3. The third-order valence-electron chi connectivity index (χ3n) is 5.12. The van der Waals surface area contributed by atoms with E-state index in [0.29, 0.717) is 18.0 Å². The van der Waals surface area contributed by atoms with E-state index in [9.17, 15) is 9.59 Å². The minimum absolute atomic E-state index is 0.0658. The molecular formula is C24H31ClN2O2. The molecule has 0 bridgehead atoms. The van der Waals surface area contributed by atoms with Crippen LogP contribution in [0.2, 0.25) is 5.02 Å². The minimum Gasteiger partial charge on any atom is -0.352 e. The second kappa shape index (κ2) is 11.0. The molecule has 0 heterocycles. The average Bonchev–Trinajstić information content (AvgIpc) is 2.69. The Balaban J connectivity index is 2.31. The second-order valence-electron chi connectivity index (χ2n) is 7.52. The van der Waals surface area contributed by atoms with Crippen LogP contribution in [0.1, 0.15) is 50.3 Å². The number of hydrogen-bond donors (Lipinski definition) is 1. The first kappa shape index (κ1) is 23.0. The number of amides is 2. The number of halogens is 1. The molecule has 2 amide bonds. The molecule has 2 rings (SSSR count). The lowest BCUT2D eigenvalue weighted by Gasteiger charge is -2.31. The van der Waals surface area contributed by atoms with Crippen LogP contribution in [0.3, 0.4) is 0 Å². The van der Waals surface area contributed by atoms with Crippen LogP contribution < -0.4 is 5.32 Å². The first-order valence-corrected chi connectivity index (χ1v) is 10.6. The van der Waals surface area contributed by atoms with Crippen molar-refractivity contribution in [3.8, 4) is 0 Å². The number of benzene rings is 2. The van der Waals surface area contributed by atoms with Crippen LogP contribution in [-0.4, -0.2) is 28.8 Å². The van der Waals surface area contributed by atoms with Gasteiger partial charge in [0.15, 0.2) is 0 Å². The highest BCUT2D eigenvalue weighted by Gasteiger charge is 2.29. The molecule has 4 nitrogen and oxygen atoms in total. The highest BCUT2D eigenvalue weighted by atomic mass is 35.5. The monoisotopic (exact) mass is 414 g/mol. The fourth-order valence-corrected chi connectivity index (χ4v) is 3.48. The van der Waals surface area contributed by atoms with E-state index < -0.39 is 6.04 Å². The van der Waals surface area contributed by atoms with Crippen LogP contribution in [-0.2, 0) is 22.6 Å². The van der Waals surface area contributed by atoms with Gasteiger partial charge in [-0.15, -0.1) is 0 Å². The van der Waals surface area contributed by atoms with Crippen LogP contribution in [0, 0.1) is 6.92 Å². The van der Waals surface area contributed by atoms with Crippen molar-refractivity contribution in [1.82, 2.24) is 10.2 Å². The summed E-state index contributed by atoms with van der Waals surface area (Å²) in [7, 11) is 0. The first-order valence-electron chi connectivity index (χ1n) is 10.2. The molecule has 156 valence electrons. The second-order valence-corrected chi connectivity index (χ2v) is 7.93. The Morgan fingerprint density at radius 3 is 2.41 bits per heavy atom. The van der Waals surface area contributed by atoms with Crippen molar-refractivity contribution >= 4 is 23.4 Å². The van der Waals surface area contributed by atoms with Gasteiger partial charge in [-0.25, -0.2) is 0 Å². The van der Waals surface area contributed by atoms with Gasteiger partial charge in [0.05, 0.1) is 6.42 Å². The van der Waals surface area contributed by atoms with Crippen molar-refractivity contribution < 1.29 is 9.59 Å². The van der Waals surface area contributed by atoms with Gasteiger partial charge in [0.25, 0.3) is 0 Å². The quantitative estimate of drug-likeness (QED) is 0.633. The first-order chi connectivity index (χ1) is 13.8. The van der Waals surface area contributed by atoms with Gasteiger partial charge in [-0.05, 0) is 43.9 Å². The highest BCUT2D eigenvalue weighted by molar-refractivity contribution is 6.31. The molecule has 0 aromatic heterocycles. The van der Waals surface area contributed by atoms with Crippen molar-refractivity contribution in [3.63, 3.8) is 0 Å². The molecule has 0 spiro atoms. The van der Waals surface area contributed by atoms with Crippen molar-refractivity contribution in [3.05, 3.63) is 70.2 Å². The molecule has 0 aliphatic heterocycles. The van der Waals surface area contributed by atoms with Crippen molar-refractivity contribution in [2.24, 2.45) is 0 Å². The van der Waals surface area contributed by atoms with Gasteiger partial charge < -0.3 is 10.2 Å². The fraction of sp³-hybridized carbons (Fsp3) is 0.417. The lowest BCUT2D eigenvalue weighted by molar-refractivity contribution is -0.141. The predicted molar refractivity (Wildman–Crippen MR) is 119 cm³/mol. The number of hydrogen-bond acceptors (Lipinski definition) is 2. The van der Waals surface area contributed by atoms with E-state index in [4.69, 9.17) is 11.6 Å². The Morgan fingerprint density at radius 2 is 1.79 bits per heavy atom. The Morgan fingerprint density at radius 1 is 1.07 bits per heavy atom. The summed E-state index contributed by atoms with van der Waals surface area (Å²) in [4.78, 5) is 27.9. The van der Waals surface area contributed by atoms with Gasteiger partial charge in [-0.2, -0.15) is 0 Å². The van der Waals surface area contributed by atoms with Gasteiger partial charge in [-0.1, -0.05) is 73.5 Å². The zero-order chi connectivity index (χ0) is 21.4. The topological polar surface area (TPSA) is 49.4 Å². The number of rotatable bonds is 9. The summed E-state index contributed by atoms with van der Waals surface area (Å²) in [5.41, 5.74) is 2.90. The standard InChI is InChI=1S/C24H31ClN2O2/c1-5-18(4)26-24(29)22(6-2)27(16-19-11-9-10-17(3)14-19)23(28)15-20-12-7-8-13-21(20)25/h7-14,18,22H,5-6,15-16H2,1-4H3,(H,26,29)/t18-,22-/m1/s1. The lowest BCUT2D eigenvalue weighted by atomic mass is 10.1. The number of nitrogens with one attached hydrogen (secondary N) is 1. The lowest BCUT2D eigenvalue weighted by Crippen LogP contribution is -2.51. The molecule has 2 atom stereocenters. The SMILES string of the molecule is CC[C@@H](C)NC(=O)[C@@H](CC)N(Cc1cccc(C)c1)C(=O)Cc1ccccc1Cl. The molecule has 2 aromatic rings. The normalized spacial score (nSPS) is 12.9. The third kappa shape index (κ3) is 6.60. The Labute approximate surface area is 179 Å². The van der Waals surface area contributed by atoms with Crippen LogP contribution in [0.15, 0.2) is 48.5 Å². The van der Waals surface area contributed by atoms with E-state index in [2.05, 4.69) is 11.4 Å². The van der Waals surface area contributed by atoms with Crippen molar-refractivity contribution in [1.29, 1.82) is 0 Å². The number of carbonyl (C=O) groups excluding carboxylic acids is 2. The molecule has 0 saturated heterocycles. The minimum atomic E-state index is -0.528. The van der Waals surface area contributed by atoms with Gasteiger partial charge in [-0.3, -0.25) is 9.59 Å². The fourth-order valence-electron chi connectivity index (χ4n) is 3.27. The smallest absolute Gasteiger partial charge is 0.243 e. The van der Waals surface area contributed by atoms with Gasteiger partial charge in [0.1, 0.15) is 6.04 Å². The van der Waals surface area contributed by atoms with Crippen LogP contribution >= 0.6 is 11.6 Å². The largest absolute Gasteiger partial charge is 0.352 e.